The number of carbonyl (C=O) groups is 2. The first kappa shape index (κ1) is 38.0. The molecule has 282 valence electrons. The molecule has 3 aliphatic carbocycles. The van der Waals surface area contributed by atoms with Gasteiger partial charge in [0.15, 0.2) is 18.4 Å². The first-order chi connectivity index (χ1) is 23.9. The van der Waals surface area contributed by atoms with Crippen molar-refractivity contribution < 1.29 is 48.2 Å². The molecule has 0 bridgehead atoms. The lowest BCUT2D eigenvalue weighted by atomic mass is 9.70. The topological polar surface area (TPSA) is 133 Å². The van der Waals surface area contributed by atoms with Gasteiger partial charge in [0.05, 0.1) is 30.8 Å². The predicted octanol–water partition coefficient (Wildman–Crippen LogP) is 4.18. The normalized spacial score (nSPS) is 47.1. The Labute approximate surface area is 298 Å². The second-order valence-corrected chi connectivity index (χ2v) is 16.1. The quantitative estimate of drug-likeness (QED) is 0.292. The summed E-state index contributed by atoms with van der Waals surface area (Å²) in [6.07, 6.45) is 7.58. The van der Waals surface area contributed by atoms with Crippen LogP contribution in [0.2, 0.25) is 0 Å². The van der Waals surface area contributed by atoms with Crippen LogP contribution >= 0.6 is 0 Å². The lowest BCUT2D eigenvalue weighted by molar-refractivity contribution is -0.306. The van der Waals surface area contributed by atoms with E-state index < -0.39 is 36.6 Å². The lowest BCUT2D eigenvalue weighted by Crippen LogP contribution is -2.58. The van der Waals surface area contributed by atoms with Gasteiger partial charge in [-0.15, -0.1) is 0 Å². The first-order valence-corrected chi connectivity index (χ1v) is 19.2. The number of fused-ring (bicyclic) bond motifs is 5. The van der Waals surface area contributed by atoms with Crippen LogP contribution in [0.4, 0.5) is 0 Å². The molecule has 0 amide bonds. The summed E-state index contributed by atoms with van der Waals surface area (Å²) in [5, 5.41) is 21.4. The van der Waals surface area contributed by atoms with Gasteiger partial charge in [0, 0.05) is 25.0 Å². The van der Waals surface area contributed by atoms with Gasteiger partial charge in [-0.05, 0) is 109 Å². The maximum atomic E-state index is 14.6. The van der Waals surface area contributed by atoms with Crippen molar-refractivity contribution in [2.45, 2.75) is 153 Å². The Kier molecular flexibility index (Phi) is 12.3. The number of methoxy groups -OCH3 is 1. The van der Waals surface area contributed by atoms with E-state index in [9.17, 15) is 19.8 Å². The molecule has 11 heteroatoms. The molecule has 0 aromatic rings. The molecule has 50 heavy (non-hydrogen) atoms. The van der Waals surface area contributed by atoms with Gasteiger partial charge in [-0.2, -0.15) is 0 Å². The number of aliphatic hydroxyl groups is 2. The molecule has 3 saturated heterocycles. The van der Waals surface area contributed by atoms with Gasteiger partial charge < -0.3 is 43.5 Å². The van der Waals surface area contributed by atoms with Crippen LogP contribution in [-0.2, 0) is 38.0 Å². The molecule has 6 rings (SSSR count). The summed E-state index contributed by atoms with van der Waals surface area (Å²) in [5.41, 5.74) is 0.723. The number of hydrogen-bond donors (Lipinski definition) is 2. The van der Waals surface area contributed by atoms with Gasteiger partial charge in [-0.1, -0.05) is 32.1 Å². The molecular weight excluding hydrogens is 642 g/mol. The van der Waals surface area contributed by atoms with Gasteiger partial charge in [0.25, 0.3) is 0 Å². The summed E-state index contributed by atoms with van der Waals surface area (Å²) in [6, 6.07) is 0.328. The summed E-state index contributed by atoms with van der Waals surface area (Å²) < 4.78 is 36.7. The minimum atomic E-state index is -1.23. The van der Waals surface area contributed by atoms with E-state index in [1.807, 2.05) is 6.92 Å². The number of allylic oxidation sites excluding steroid dienone is 4. The van der Waals surface area contributed by atoms with Crippen molar-refractivity contribution in [1.29, 1.82) is 0 Å². The highest BCUT2D eigenvalue weighted by Gasteiger charge is 2.52. The molecule has 0 aromatic carbocycles. The molecule has 3 aliphatic heterocycles. The monoisotopic (exact) mass is 703 g/mol. The zero-order valence-corrected chi connectivity index (χ0v) is 31.0. The third kappa shape index (κ3) is 7.81. The van der Waals surface area contributed by atoms with E-state index in [-0.39, 0.29) is 78.5 Å². The Balaban J connectivity index is 1.20. The van der Waals surface area contributed by atoms with E-state index in [1.54, 1.807) is 6.92 Å². The van der Waals surface area contributed by atoms with Crippen molar-refractivity contribution in [2.75, 3.05) is 21.2 Å². The molecule has 2 N–H and O–H groups in total. The zero-order chi connectivity index (χ0) is 35.9. The molecule has 0 unspecified atom stereocenters. The van der Waals surface area contributed by atoms with Crippen LogP contribution in [0.1, 0.15) is 85.5 Å². The molecular formula is C39H61NO10. The van der Waals surface area contributed by atoms with E-state index in [0.717, 1.165) is 50.5 Å². The minimum Gasteiger partial charge on any atom is -0.462 e. The minimum absolute atomic E-state index is 0.00223. The van der Waals surface area contributed by atoms with Crippen LogP contribution in [0.15, 0.2) is 23.8 Å². The van der Waals surface area contributed by atoms with Crippen molar-refractivity contribution in [1.82, 2.24) is 4.90 Å². The van der Waals surface area contributed by atoms with E-state index in [0.29, 0.717) is 12.5 Å². The summed E-state index contributed by atoms with van der Waals surface area (Å²) in [7, 11) is 5.64. The molecule has 4 fully saturated rings. The SMILES string of the molecule is CC[C@H]1CCC[C@H](O[C@H]2CC[C@H](N(C)C)[C@@H](C)O2)[C@@H](C)C(=O)C2=C[C@@H]3[C@@H](C=C[C@@H]4C[C@@H](O[C@@H]5O[C@@H](C)[C@H](OC)[C@@H](O)[C@H]5O)C[C@@H]34)[C@@H]2CC(=O)O1. The van der Waals surface area contributed by atoms with Gasteiger partial charge in [-0.3, -0.25) is 9.59 Å². The number of cyclic esters (lactones) is 1. The van der Waals surface area contributed by atoms with Crippen molar-refractivity contribution in [3.63, 3.8) is 0 Å². The fourth-order valence-corrected chi connectivity index (χ4v) is 9.92. The lowest BCUT2D eigenvalue weighted by Gasteiger charge is -2.41. The summed E-state index contributed by atoms with van der Waals surface area (Å²) in [4.78, 5) is 30.2. The Morgan fingerprint density at radius 2 is 1.70 bits per heavy atom. The Morgan fingerprint density at radius 1 is 0.920 bits per heavy atom. The van der Waals surface area contributed by atoms with Gasteiger partial charge >= 0.3 is 5.97 Å². The number of nitrogens with zero attached hydrogens (tertiary/aromatic N) is 1. The van der Waals surface area contributed by atoms with E-state index in [4.69, 9.17) is 28.4 Å². The van der Waals surface area contributed by atoms with Gasteiger partial charge in [0.1, 0.15) is 24.4 Å². The van der Waals surface area contributed by atoms with Crippen LogP contribution in [0.25, 0.3) is 0 Å². The molecule has 0 spiro atoms. The maximum Gasteiger partial charge on any atom is 0.306 e. The van der Waals surface area contributed by atoms with Crippen LogP contribution < -0.4 is 0 Å². The fourth-order valence-electron chi connectivity index (χ4n) is 9.92. The summed E-state index contributed by atoms with van der Waals surface area (Å²) in [5.74, 6) is -0.344. The maximum absolute atomic E-state index is 14.6. The molecule has 3 heterocycles. The summed E-state index contributed by atoms with van der Waals surface area (Å²) >= 11 is 0. The number of likely N-dealkylation sites (N-methyl/N-ethyl adjacent to an activating group) is 1. The number of esters is 1. The van der Waals surface area contributed by atoms with Crippen LogP contribution in [0.5, 0.6) is 0 Å². The predicted molar refractivity (Wildman–Crippen MR) is 185 cm³/mol. The second-order valence-electron chi connectivity index (χ2n) is 16.1. The van der Waals surface area contributed by atoms with Crippen LogP contribution in [0.3, 0.4) is 0 Å². The van der Waals surface area contributed by atoms with Crippen molar-refractivity contribution in [2.24, 2.45) is 35.5 Å². The molecule has 1 saturated carbocycles. The fraction of sp³-hybridized carbons (Fsp3) is 0.846. The standard InChI is InChI=1S/C39H61NO10/c1-8-24-10-9-11-32(50-34-15-14-31(40(5)6)21(3)46-34)20(2)35(42)30-18-28-26(29(30)19-33(41)48-24)13-12-23-16-25(17-27(23)28)49-39-37(44)36(43)38(45-7)22(4)47-39/h12-13,18,20-29,31-32,34,36-39,43-44H,8-11,14-17,19H2,1-7H3/t20-,21-,22+,23-,24+,25-,26-,27-,28-,29+,31+,32+,34+,36+,37-,38+,39+/m1/s1. The van der Waals surface area contributed by atoms with E-state index in [1.165, 1.54) is 7.11 Å². The number of rotatable bonds is 7. The Bertz CT molecular complexity index is 1260. The number of Topliss-reactive ketones (excluding diaryl/α,β-unsaturated/α-hetero) is 1. The van der Waals surface area contributed by atoms with Gasteiger partial charge in [0.2, 0.25) is 0 Å². The van der Waals surface area contributed by atoms with Crippen LogP contribution in [-0.4, -0.2) is 116 Å². The molecule has 11 nitrogen and oxygen atoms in total. The third-order valence-electron chi connectivity index (χ3n) is 12.8. The van der Waals surface area contributed by atoms with Crippen molar-refractivity contribution >= 4 is 11.8 Å². The first-order valence-electron chi connectivity index (χ1n) is 19.2. The number of ether oxygens (including phenoxy) is 6. The highest BCUT2D eigenvalue weighted by molar-refractivity contribution is 5.99. The largest absolute Gasteiger partial charge is 0.462 e. The van der Waals surface area contributed by atoms with Crippen molar-refractivity contribution in [3.05, 3.63) is 23.8 Å². The van der Waals surface area contributed by atoms with E-state index in [2.05, 4.69) is 51.1 Å². The second kappa shape index (κ2) is 16.1. The average molecular weight is 704 g/mol. The highest BCUT2D eigenvalue weighted by atomic mass is 16.7. The Hall–Kier alpha value is -1.70. The zero-order valence-electron chi connectivity index (χ0n) is 31.0. The number of aliphatic hydroxyl groups excluding tert-OH is 2. The number of ketones is 1. The molecule has 0 radical (unpaired) electrons. The third-order valence-corrected chi connectivity index (χ3v) is 12.8. The van der Waals surface area contributed by atoms with Crippen molar-refractivity contribution in [3.8, 4) is 0 Å². The highest BCUT2D eigenvalue weighted by Crippen LogP contribution is 2.54. The van der Waals surface area contributed by atoms with Gasteiger partial charge in [-0.25, -0.2) is 0 Å². The number of hydrogen-bond acceptors (Lipinski definition) is 11. The molecule has 17 atom stereocenters. The van der Waals surface area contributed by atoms with E-state index >= 15 is 0 Å². The Morgan fingerprint density at radius 3 is 2.40 bits per heavy atom. The van der Waals surface area contributed by atoms with Crippen LogP contribution in [0, 0.1) is 35.5 Å². The molecule has 0 aromatic heterocycles. The smallest absolute Gasteiger partial charge is 0.306 e. The number of carbonyl (C=O) groups excluding carboxylic acids is 2. The average Bonchev–Trinajstić information content (AvgIpc) is 3.66. The summed E-state index contributed by atoms with van der Waals surface area (Å²) in [6.45, 7) is 7.94. The molecule has 6 aliphatic rings.